The number of carbonyl (C=O) groups excluding carboxylic acids is 1. The average Bonchev–Trinajstić information content (AvgIpc) is 3.15. The van der Waals surface area contributed by atoms with Gasteiger partial charge in [-0.2, -0.15) is 0 Å². The van der Waals surface area contributed by atoms with Crippen molar-refractivity contribution in [2.45, 2.75) is 73.6 Å². The van der Waals surface area contributed by atoms with Crippen molar-refractivity contribution >= 4 is 64.0 Å². The van der Waals surface area contributed by atoms with Crippen molar-refractivity contribution in [3.63, 3.8) is 0 Å². The van der Waals surface area contributed by atoms with Crippen LogP contribution in [0.25, 0.3) is 23.2 Å². The van der Waals surface area contributed by atoms with Crippen LogP contribution in [-0.4, -0.2) is 32.2 Å². The molecule has 3 aromatic rings. The van der Waals surface area contributed by atoms with E-state index in [9.17, 15) is 9.90 Å². The summed E-state index contributed by atoms with van der Waals surface area (Å²) in [6, 6.07) is 14.1. The second-order valence-electron chi connectivity index (χ2n) is 16.5. The van der Waals surface area contributed by atoms with E-state index in [2.05, 4.69) is 27.7 Å². The Bertz CT molecular complexity index is 2120. The Hall–Kier alpha value is -3.36. The van der Waals surface area contributed by atoms with Crippen molar-refractivity contribution in [2.75, 3.05) is 26.4 Å². The van der Waals surface area contributed by atoms with Gasteiger partial charge in [0.25, 0.3) is 0 Å². The van der Waals surface area contributed by atoms with Crippen LogP contribution in [0.15, 0.2) is 99.4 Å². The van der Waals surface area contributed by atoms with Gasteiger partial charge in [-0.25, -0.2) is 4.42 Å². The van der Waals surface area contributed by atoms with Crippen LogP contribution in [0.2, 0.25) is 20.1 Å². The molecule has 298 valence electrons. The molecule has 2 aromatic carbocycles. The molecule has 0 unspecified atom stereocenters. The summed E-state index contributed by atoms with van der Waals surface area (Å²) >= 11 is 25.2. The zero-order chi connectivity index (χ0) is 40.9. The molecule has 5 rings (SSSR count). The highest BCUT2D eigenvalue weighted by molar-refractivity contribution is 6.42. The summed E-state index contributed by atoms with van der Waals surface area (Å²) in [6.07, 6.45) is 8.74. The summed E-state index contributed by atoms with van der Waals surface area (Å²) in [6.45, 7) is 18.8. The van der Waals surface area contributed by atoms with Gasteiger partial charge in [0, 0.05) is 41.4 Å². The molecular weight excluding hydrogens is 790 g/mol. The van der Waals surface area contributed by atoms with Crippen molar-refractivity contribution in [3.05, 3.63) is 132 Å². The third kappa shape index (κ3) is 11.0. The molecule has 0 spiro atoms. The fourth-order valence-corrected chi connectivity index (χ4v) is 6.52. The van der Waals surface area contributed by atoms with Gasteiger partial charge in [0.05, 0.1) is 44.9 Å². The Morgan fingerprint density at radius 3 is 1.89 bits per heavy atom. The molecule has 1 aliphatic heterocycles. The molecule has 0 atom stereocenters. The molecule has 56 heavy (non-hydrogen) atoms. The van der Waals surface area contributed by atoms with Crippen LogP contribution >= 0.6 is 46.4 Å². The minimum absolute atomic E-state index is 0.0731. The normalized spacial score (nSPS) is 16.5. The van der Waals surface area contributed by atoms with Crippen LogP contribution < -0.4 is 5.11 Å². The lowest BCUT2D eigenvalue weighted by Crippen LogP contribution is -2.29. The first-order valence-corrected chi connectivity index (χ1v) is 20.4. The number of carbonyl (C=O) groups is 1. The Morgan fingerprint density at radius 1 is 0.750 bits per heavy atom. The van der Waals surface area contributed by atoms with Crippen LogP contribution in [-0.2, 0) is 24.4 Å². The Kier molecular flexibility index (Phi) is 14.4. The zero-order valence-electron chi connectivity index (χ0n) is 33.3. The van der Waals surface area contributed by atoms with Gasteiger partial charge >= 0.3 is 11.5 Å². The van der Waals surface area contributed by atoms with Gasteiger partial charge in [0.1, 0.15) is 16.9 Å². The third-order valence-corrected chi connectivity index (χ3v) is 11.1. The average molecular weight is 841 g/mol. The maximum atomic E-state index is 13.8. The van der Waals surface area contributed by atoms with Crippen LogP contribution in [0.4, 0.5) is 0 Å². The number of benzene rings is 2. The van der Waals surface area contributed by atoms with E-state index in [4.69, 9.17) is 65.0 Å². The summed E-state index contributed by atoms with van der Waals surface area (Å²) in [5, 5.41) is 15.4. The molecule has 0 fully saturated rings. The van der Waals surface area contributed by atoms with Crippen LogP contribution in [0.5, 0.6) is 0 Å². The number of allylic oxidation sites excluding steroid dienone is 6. The number of ketones is 1. The van der Waals surface area contributed by atoms with E-state index >= 15 is 0 Å². The van der Waals surface area contributed by atoms with Crippen molar-refractivity contribution in [1.29, 1.82) is 0 Å². The number of Topliss-reactive ketones (excluding diaryl/α,β-unsaturated/α-hetero) is 1. The van der Waals surface area contributed by atoms with E-state index in [1.165, 1.54) is 0 Å². The molecule has 1 aliphatic carbocycles. The summed E-state index contributed by atoms with van der Waals surface area (Å²) in [4.78, 5) is 13.8. The quantitative estimate of drug-likeness (QED) is 0.0812. The predicted octanol–water partition coefficient (Wildman–Crippen LogP) is 12.7. The molecule has 6 nitrogen and oxygen atoms in total. The monoisotopic (exact) mass is 838 g/mol. The van der Waals surface area contributed by atoms with Gasteiger partial charge in [0.2, 0.25) is 0 Å². The lowest BCUT2D eigenvalue weighted by atomic mass is 9.84. The lowest BCUT2D eigenvalue weighted by Gasteiger charge is -2.32. The second-order valence-corrected chi connectivity index (χ2v) is 18.1. The summed E-state index contributed by atoms with van der Waals surface area (Å²) in [5.41, 5.74) is 1.71. The highest BCUT2D eigenvalue weighted by Crippen LogP contribution is 2.40. The summed E-state index contributed by atoms with van der Waals surface area (Å²) in [7, 11) is 0. The number of rotatable bonds is 16. The lowest BCUT2D eigenvalue weighted by molar-refractivity contribution is -0.300. The van der Waals surface area contributed by atoms with E-state index in [1.807, 2.05) is 52.0 Å². The van der Waals surface area contributed by atoms with Gasteiger partial charge in [-0.15, -0.1) is 0 Å². The molecule has 0 amide bonds. The molecule has 0 saturated carbocycles. The van der Waals surface area contributed by atoms with E-state index in [0.29, 0.717) is 104 Å². The number of halogens is 4. The first-order chi connectivity index (χ1) is 26.3. The fraction of sp³-hybridized carbons (Fsp3) is 0.391. The molecule has 2 aliphatic rings. The first-order valence-electron chi connectivity index (χ1n) is 18.9. The van der Waals surface area contributed by atoms with E-state index in [-0.39, 0.29) is 22.7 Å². The van der Waals surface area contributed by atoms with Gasteiger partial charge in [-0.1, -0.05) is 93.7 Å². The number of ether oxygens (including phenoxy) is 3. The minimum atomic E-state index is -0.537. The SMILES string of the molecule is CC(C)CCOCC(C)(C)C1=CC(=CC2=C([O-])C(=Cc3cc(-c4ccc(Cl)c(Cl)c4)[o+]c(C(C)(C)COCCC(C)C)c3)C2=O)C=C(c2ccc(Cl)c(Cl)c2)O1. The molecule has 0 saturated heterocycles. The standard InChI is InChI=1S/C46H50Cl4O6/c1-27(2)13-15-53-25-45(5,6)41-21-29(19-39(55-41)31-9-11-35(47)37(49)23-31)17-33-43(51)34(44(33)52)18-30-20-40(32-10-12-36(48)38(50)24-32)56-42(22-30)46(7,8)26-54-16-14-28(3)4/h9-12,17-24,27-28H,13-16,25-26H2,1-8H3. The van der Waals surface area contributed by atoms with E-state index < -0.39 is 10.8 Å². The molecular formula is C46H50Cl4O6. The van der Waals surface area contributed by atoms with Crippen molar-refractivity contribution in [2.24, 2.45) is 17.3 Å². The minimum Gasteiger partial charge on any atom is -0.871 e. The summed E-state index contributed by atoms with van der Waals surface area (Å²) in [5.74, 6) is 2.57. The fourth-order valence-electron chi connectivity index (χ4n) is 5.93. The molecule has 0 bridgehead atoms. The van der Waals surface area contributed by atoms with E-state index in [1.54, 1.807) is 48.6 Å². The topological polar surface area (TPSA) is 79.1 Å². The Morgan fingerprint density at radius 2 is 1.32 bits per heavy atom. The van der Waals surface area contributed by atoms with Gasteiger partial charge < -0.3 is 19.3 Å². The zero-order valence-corrected chi connectivity index (χ0v) is 36.3. The summed E-state index contributed by atoms with van der Waals surface area (Å²) < 4.78 is 25.0. The van der Waals surface area contributed by atoms with Crippen LogP contribution in [0, 0.1) is 17.3 Å². The van der Waals surface area contributed by atoms with Gasteiger partial charge in [0.15, 0.2) is 5.78 Å². The molecule has 2 heterocycles. The maximum absolute atomic E-state index is 13.8. The first kappa shape index (κ1) is 43.8. The maximum Gasteiger partial charge on any atom is 0.360 e. The third-order valence-electron chi connectivity index (χ3n) is 9.58. The highest BCUT2D eigenvalue weighted by atomic mass is 35.5. The second kappa shape index (κ2) is 18.5. The van der Waals surface area contributed by atoms with Gasteiger partial charge in [-0.05, 0) is 110 Å². The molecule has 10 heteroatoms. The molecule has 0 radical (unpaired) electrons. The van der Waals surface area contributed by atoms with Crippen LogP contribution in [0.1, 0.15) is 85.1 Å². The van der Waals surface area contributed by atoms with Crippen LogP contribution in [0.3, 0.4) is 0 Å². The highest BCUT2D eigenvalue weighted by Gasteiger charge is 2.36. The predicted molar refractivity (Wildman–Crippen MR) is 228 cm³/mol. The Labute approximate surface area is 351 Å². The largest absolute Gasteiger partial charge is 0.871 e. The van der Waals surface area contributed by atoms with Crippen molar-refractivity contribution < 1.29 is 28.5 Å². The number of hydrogen-bond donors (Lipinski definition) is 0. The van der Waals surface area contributed by atoms with Crippen molar-refractivity contribution in [3.8, 4) is 11.3 Å². The molecule has 0 N–H and O–H groups in total. The van der Waals surface area contributed by atoms with E-state index in [0.717, 1.165) is 12.8 Å². The smallest absolute Gasteiger partial charge is 0.360 e. The number of hydrogen-bond acceptors (Lipinski definition) is 5. The van der Waals surface area contributed by atoms with Crippen molar-refractivity contribution in [1.82, 2.24) is 0 Å². The Balaban J connectivity index is 1.52. The van der Waals surface area contributed by atoms with Gasteiger partial charge in [-0.3, -0.25) is 4.79 Å². The molecule has 1 aromatic heterocycles.